The summed E-state index contributed by atoms with van der Waals surface area (Å²) in [5.41, 5.74) is 2.33. The van der Waals surface area contributed by atoms with Crippen LogP contribution in [0.3, 0.4) is 0 Å². The molecule has 2 nitrogen and oxygen atoms in total. The van der Waals surface area contributed by atoms with E-state index in [0.29, 0.717) is 0 Å². The lowest BCUT2D eigenvalue weighted by Crippen LogP contribution is -2.51. The van der Waals surface area contributed by atoms with E-state index in [1.807, 2.05) is 0 Å². The van der Waals surface area contributed by atoms with E-state index in [0.717, 1.165) is 19.5 Å². The van der Waals surface area contributed by atoms with E-state index in [2.05, 4.69) is 78.6 Å². The van der Waals surface area contributed by atoms with E-state index >= 15 is 0 Å². The summed E-state index contributed by atoms with van der Waals surface area (Å²) in [4.78, 5) is 2.40. The fraction of sp³-hybridized carbons (Fsp3) is 0.409. The summed E-state index contributed by atoms with van der Waals surface area (Å²) in [6.45, 7) is 4.34. The molecular formula is C22H26N2. The Hall–Kier alpha value is -2.11. The van der Waals surface area contributed by atoms with Crippen LogP contribution in [0.5, 0.6) is 0 Å². The van der Waals surface area contributed by atoms with Crippen molar-refractivity contribution in [1.29, 1.82) is 5.26 Å². The second-order valence-electron chi connectivity index (χ2n) is 7.07. The molecule has 124 valence electrons. The van der Waals surface area contributed by atoms with E-state index in [1.54, 1.807) is 0 Å². The van der Waals surface area contributed by atoms with Crippen molar-refractivity contribution in [2.45, 2.75) is 44.1 Å². The molecule has 1 aliphatic rings. The third kappa shape index (κ3) is 3.52. The molecule has 1 fully saturated rings. The summed E-state index contributed by atoms with van der Waals surface area (Å²) in [7, 11) is 0. The molecule has 0 spiro atoms. The highest BCUT2D eigenvalue weighted by Gasteiger charge is 2.40. The van der Waals surface area contributed by atoms with Gasteiger partial charge in [0.1, 0.15) is 6.04 Å². The van der Waals surface area contributed by atoms with Crippen LogP contribution in [0.25, 0.3) is 0 Å². The second-order valence-corrected chi connectivity index (χ2v) is 7.07. The molecular weight excluding hydrogens is 292 g/mol. The first-order valence-electron chi connectivity index (χ1n) is 8.97. The maximum atomic E-state index is 10.1. The minimum Gasteiger partial charge on any atom is -0.287 e. The molecule has 3 rings (SSSR count). The summed E-state index contributed by atoms with van der Waals surface area (Å²) in [5.74, 6) is 0. The molecule has 0 radical (unpaired) electrons. The molecule has 1 saturated heterocycles. The van der Waals surface area contributed by atoms with Crippen LogP contribution in [0, 0.1) is 11.3 Å². The van der Waals surface area contributed by atoms with Crippen molar-refractivity contribution >= 4 is 0 Å². The van der Waals surface area contributed by atoms with Gasteiger partial charge in [-0.2, -0.15) is 5.26 Å². The molecule has 0 saturated carbocycles. The summed E-state index contributed by atoms with van der Waals surface area (Å²) in [6.07, 6.45) is 4.57. The van der Waals surface area contributed by atoms with Crippen LogP contribution in [0.15, 0.2) is 60.7 Å². The first-order valence-corrected chi connectivity index (χ1v) is 8.97. The van der Waals surface area contributed by atoms with Crippen molar-refractivity contribution in [1.82, 2.24) is 4.90 Å². The molecule has 2 aromatic rings. The van der Waals surface area contributed by atoms with Gasteiger partial charge in [0, 0.05) is 5.41 Å². The highest BCUT2D eigenvalue weighted by Crippen LogP contribution is 2.35. The van der Waals surface area contributed by atoms with Crippen molar-refractivity contribution in [3.8, 4) is 6.07 Å². The molecule has 24 heavy (non-hydrogen) atoms. The molecule has 2 heteroatoms. The van der Waals surface area contributed by atoms with E-state index in [1.165, 1.54) is 30.4 Å². The van der Waals surface area contributed by atoms with Crippen LogP contribution in [0.4, 0.5) is 0 Å². The molecule has 2 atom stereocenters. The third-order valence-corrected chi connectivity index (χ3v) is 5.33. The minimum atomic E-state index is -0.214. The van der Waals surface area contributed by atoms with Gasteiger partial charge in [-0.25, -0.2) is 0 Å². The predicted molar refractivity (Wildman–Crippen MR) is 98.8 cm³/mol. The Morgan fingerprint density at radius 2 is 1.54 bits per heavy atom. The molecule has 1 aliphatic heterocycles. The molecule has 1 heterocycles. The van der Waals surface area contributed by atoms with Gasteiger partial charge in [0.25, 0.3) is 0 Å². The quantitative estimate of drug-likeness (QED) is 0.808. The number of nitrogens with zero attached hydrogens (tertiary/aromatic N) is 2. The number of rotatable bonds is 5. The van der Waals surface area contributed by atoms with E-state index in [4.69, 9.17) is 0 Å². The van der Waals surface area contributed by atoms with Crippen molar-refractivity contribution in [3.63, 3.8) is 0 Å². The lowest BCUT2D eigenvalue weighted by molar-refractivity contribution is 0.137. The highest BCUT2D eigenvalue weighted by atomic mass is 15.2. The Morgan fingerprint density at radius 1 is 0.958 bits per heavy atom. The fourth-order valence-corrected chi connectivity index (χ4v) is 4.00. The number of piperidine rings is 1. The fourth-order valence-electron chi connectivity index (χ4n) is 4.00. The van der Waals surface area contributed by atoms with Crippen LogP contribution >= 0.6 is 0 Å². The zero-order chi connectivity index (χ0) is 16.8. The first-order chi connectivity index (χ1) is 11.7. The number of hydrogen-bond acceptors (Lipinski definition) is 2. The van der Waals surface area contributed by atoms with Gasteiger partial charge >= 0.3 is 0 Å². The van der Waals surface area contributed by atoms with Gasteiger partial charge in [-0.1, -0.05) is 74.0 Å². The lowest BCUT2D eigenvalue weighted by atomic mass is 9.71. The Bertz CT molecular complexity index is 668. The Labute approximate surface area is 145 Å². The summed E-state index contributed by atoms with van der Waals surface area (Å²) in [6, 6.07) is 23.7. The average Bonchev–Trinajstić information content (AvgIpc) is 2.65. The van der Waals surface area contributed by atoms with E-state index < -0.39 is 0 Å². The highest BCUT2D eigenvalue weighted by molar-refractivity contribution is 5.33. The smallest absolute Gasteiger partial charge is 0.108 e. The van der Waals surface area contributed by atoms with E-state index in [-0.39, 0.29) is 11.5 Å². The van der Waals surface area contributed by atoms with Gasteiger partial charge in [-0.05, 0) is 43.5 Å². The average molecular weight is 318 g/mol. The molecule has 2 unspecified atom stereocenters. The van der Waals surface area contributed by atoms with Gasteiger partial charge in [0.15, 0.2) is 0 Å². The minimum absolute atomic E-state index is 0.0968. The van der Waals surface area contributed by atoms with Crippen LogP contribution in [-0.2, 0) is 11.8 Å². The second kappa shape index (κ2) is 7.64. The van der Waals surface area contributed by atoms with Gasteiger partial charge in [-0.15, -0.1) is 0 Å². The number of nitriles is 1. The van der Waals surface area contributed by atoms with Gasteiger partial charge in [0.2, 0.25) is 0 Å². The molecule has 0 aliphatic carbocycles. The number of likely N-dealkylation sites (tertiary alicyclic amines) is 1. The Morgan fingerprint density at radius 3 is 2.12 bits per heavy atom. The van der Waals surface area contributed by atoms with Crippen molar-refractivity contribution < 1.29 is 0 Å². The topological polar surface area (TPSA) is 27.0 Å². The largest absolute Gasteiger partial charge is 0.287 e. The molecule has 0 amide bonds. The Balaban J connectivity index is 1.98. The molecule has 2 aromatic carbocycles. The van der Waals surface area contributed by atoms with Gasteiger partial charge < -0.3 is 0 Å². The normalized spacial score (nSPS) is 19.2. The van der Waals surface area contributed by atoms with Gasteiger partial charge in [0.05, 0.1) is 6.07 Å². The first kappa shape index (κ1) is 16.7. The summed E-state index contributed by atoms with van der Waals surface area (Å²) < 4.78 is 0. The maximum absolute atomic E-state index is 10.1. The number of hydrogen-bond donors (Lipinski definition) is 0. The SMILES string of the molecule is CC(Cc1ccccc1)(c1ccccc1)C(C#N)N1CCCCC1. The van der Waals surface area contributed by atoms with Gasteiger partial charge in [-0.3, -0.25) is 4.90 Å². The summed E-state index contributed by atoms with van der Waals surface area (Å²) >= 11 is 0. The van der Waals surface area contributed by atoms with Crippen molar-refractivity contribution in [3.05, 3.63) is 71.8 Å². The van der Waals surface area contributed by atoms with Crippen molar-refractivity contribution in [2.24, 2.45) is 0 Å². The zero-order valence-electron chi connectivity index (χ0n) is 14.5. The van der Waals surface area contributed by atoms with Crippen LogP contribution < -0.4 is 0 Å². The predicted octanol–water partition coefficient (Wildman–Crippen LogP) is 4.57. The zero-order valence-corrected chi connectivity index (χ0v) is 14.5. The van der Waals surface area contributed by atoms with Crippen molar-refractivity contribution in [2.75, 3.05) is 13.1 Å². The number of benzene rings is 2. The monoisotopic (exact) mass is 318 g/mol. The molecule has 0 bridgehead atoms. The van der Waals surface area contributed by atoms with Crippen LogP contribution in [0.2, 0.25) is 0 Å². The lowest BCUT2D eigenvalue weighted by Gasteiger charge is -2.42. The Kier molecular flexibility index (Phi) is 5.33. The van der Waals surface area contributed by atoms with E-state index in [9.17, 15) is 5.26 Å². The van der Waals surface area contributed by atoms with Crippen LogP contribution in [-0.4, -0.2) is 24.0 Å². The molecule has 0 N–H and O–H groups in total. The standard InChI is InChI=1S/C22H26N2/c1-22(20-13-7-3-8-14-20,17-19-11-5-2-6-12-19)21(18-23)24-15-9-4-10-16-24/h2-3,5-8,11-14,21H,4,9-10,15-17H2,1H3. The maximum Gasteiger partial charge on any atom is 0.108 e. The van der Waals surface area contributed by atoms with Crippen LogP contribution in [0.1, 0.15) is 37.3 Å². The summed E-state index contributed by atoms with van der Waals surface area (Å²) in [5, 5.41) is 10.1. The third-order valence-electron chi connectivity index (χ3n) is 5.33. The molecule has 0 aromatic heterocycles.